The van der Waals surface area contributed by atoms with E-state index in [0.717, 1.165) is 31.4 Å². The van der Waals surface area contributed by atoms with Gasteiger partial charge in [-0.2, -0.15) is 0 Å². The summed E-state index contributed by atoms with van der Waals surface area (Å²) in [6.45, 7) is 2.03. The summed E-state index contributed by atoms with van der Waals surface area (Å²) in [4.78, 5) is 14.9. The van der Waals surface area contributed by atoms with Crippen molar-refractivity contribution in [2.45, 2.75) is 57.1 Å². The lowest BCUT2D eigenvalue weighted by Gasteiger charge is -2.37. The summed E-state index contributed by atoms with van der Waals surface area (Å²) in [6, 6.07) is 6.68. The van der Waals surface area contributed by atoms with E-state index < -0.39 is 0 Å². The monoisotopic (exact) mass is 329 g/mol. The summed E-state index contributed by atoms with van der Waals surface area (Å²) in [5, 5.41) is 10.3. The van der Waals surface area contributed by atoms with Crippen LogP contribution in [-0.2, 0) is 28.8 Å². The molecule has 1 aromatic rings. The van der Waals surface area contributed by atoms with Gasteiger partial charge in [0.1, 0.15) is 0 Å². The maximum Gasteiger partial charge on any atom is 0.227 e. The maximum atomic E-state index is 12.9. The maximum absolute atomic E-state index is 12.9. The van der Waals surface area contributed by atoms with Crippen molar-refractivity contribution in [1.29, 1.82) is 0 Å². The Kier molecular flexibility index (Phi) is 4.59. The smallest absolute Gasteiger partial charge is 0.227 e. The van der Waals surface area contributed by atoms with Gasteiger partial charge in [0.2, 0.25) is 5.91 Å². The quantitative estimate of drug-likeness (QED) is 0.924. The topological polar surface area (TPSA) is 49.8 Å². The molecule has 4 heteroatoms. The molecule has 1 aliphatic carbocycles. The summed E-state index contributed by atoms with van der Waals surface area (Å²) >= 11 is 0. The average Bonchev–Trinajstić information content (AvgIpc) is 3.24. The van der Waals surface area contributed by atoms with Gasteiger partial charge >= 0.3 is 0 Å². The number of aryl methyl sites for hydroxylation is 2. The molecule has 0 spiro atoms. The minimum atomic E-state index is -0.336. The predicted molar refractivity (Wildman–Crippen MR) is 91.8 cm³/mol. The Labute approximate surface area is 143 Å². The summed E-state index contributed by atoms with van der Waals surface area (Å²) in [6.07, 6.45) is 6.41. The molecule has 4 rings (SSSR count). The standard InChI is InChI=1S/C20H27NO3/c22-19-8-10-24-13-17(19)18-5-2-9-21(18)20(23)12-14-6-7-15-3-1-4-16(15)11-14/h6-7,11,17-19,22H,1-5,8-10,12-13H2/t17-,18-,19-/m1/s1. The molecule has 0 unspecified atom stereocenters. The van der Waals surface area contributed by atoms with Crippen molar-refractivity contribution >= 4 is 5.91 Å². The van der Waals surface area contributed by atoms with Gasteiger partial charge in [0.25, 0.3) is 0 Å². The highest BCUT2D eigenvalue weighted by Gasteiger charge is 2.39. The van der Waals surface area contributed by atoms with E-state index in [9.17, 15) is 9.90 Å². The number of rotatable bonds is 3. The lowest BCUT2D eigenvalue weighted by atomic mass is 9.89. The van der Waals surface area contributed by atoms with Crippen molar-refractivity contribution in [3.63, 3.8) is 0 Å². The molecule has 130 valence electrons. The van der Waals surface area contributed by atoms with Crippen LogP contribution >= 0.6 is 0 Å². The molecular weight excluding hydrogens is 302 g/mol. The van der Waals surface area contributed by atoms with Crippen LogP contribution in [0.3, 0.4) is 0 Å². The molecule has 2 heterocycles. The van der Waals surface area contributed by atoms with Crippen LogP contribution in [0.5, 0.6) is 0 Å². The molecule has 0 radical (unpaired) electrons. The van der Waals surface area contributed by atoms with Gasteiger partial charge in [-0.25, -0.2) is 0 Å². The van der Waals surface area contributed by atoms with Gasteiger partial charge < -0.3 is 14.7 Å². The largest absolute Gasteiger partial charge is 0.393 e. The number of nitrogens with zero attached hydrogens (tertiary/aromatic N) is 1. The van der Waals surface area contributed by atoms with Gasteiger partial charge in [-0.15, -0.1) is 0 Å². The van der Waals surface area contributed by atoms with E-state index >= 15 is 0 Å². The SMILES string of the molecule is O=C(Cc1ccc2c(c1)CCC2)N1CCC[C@@H]1[C@H]1COCC[C@H]1O. The van der Waals surface area contributed by atoms with Crippen molar-refractivity contribution in [1.82, 2.24) is 4.90 Å². The molecule has 1 aromatic carbocycles. The van der Waals surface area contributed by atoms with Crippen LogP contribution in [0.15, 0.2) is 18.2 Å². The van der Waals surface area contributed by atoms with Gasteiger partial charge in [0.05, 0.1) is 19.1 Å². The van der Waals surface area contributed by atoms with Gasteiger partial charge in [-0.05, 0) is 55.2 Å². The molecule has 1 N–H and O–H groups in total. The summed E-state index contributed by atoms with van der Waals surface area (Å²) in [5.41, 5.74) is 4.01. The van der Waals surface area contributed by atoms with Crippen LogP contribution in [-0.4, -0.2) is 47.8 Å². The normalized spacial score (nSPS) is 29.7. The molecule has 3 aliphatic rings. The first kappa shape index (κ1) is 16.1. The zero-order chi connectivity index (χ0) is 16.5. The fourth-order valence-corrected chi connectivity index (χ4v) is 4.67. The molecule has 2 aliphatic heterocycles. The lowest BCUT2D eigenvalue weighted by molar-refractivity contribution is -0.135. The number of amides is 1. The third kappa shape index (κ3) is 3.09. The third-order valence-corrected chi connectivity index (χ3v) is 5.99. The van der Waals surface area contributed by atoms with Crippen LogP contribution in [0.2, 0.25) is 0 Å². The van der Waals surface area contributed by atoms with Crippen LogP contribution in [0, 0.1) is 5.92 Å². The van der Waals surface area contributed by atoms with Crippen LogP contribution in [0.1, 0.15) is 42.4 Å². The van der Waals surface area contributed by atoms with E-state index in [4.69, 9.17) is 4.74 Å². The van der Waals surface area contributed by atoms with Crippen molar-refractivity contribution in [3.05, 3.63) is 34.9 Å². The number of ether oxygens (including phenoxy) is 1. The fourth-order valence-electron chi connectivity index (χ4n) is 4.67. The lowest BCUT2D eigenvalue weighted by Crippen LogP contribution is -2.48. The first-order valence-electron chi connectivity index (χ1n) is 9.38. The van der Waals surface area contributed by atoms with Crippen LogP contribution in [0.25, 0.3) is 0 Å². The summed E-state index contributed by atoms with van der Waals surface area (Å²) in [5.74, 6) is 0.276. The zero-order valence-electron chi connectivity index (χ0n) is 14.2. The Morgan fingerprint density at radius 2 is 2.08 bits per heavy atom. The van der Waals surface area contributed by atoms with Gasteiger partial charge in [-0.1, -0.05) is 18.2 Å². The fraction of sp³-hybridized carbons (Fsp3) is 0.650. The number of aliphatic hydroxyl groups is 1. The number of benzene rings is 1. The Hall–Kier alpha value is -1.39. The Balaban J connectivity index is 1.45. The molecular formula is C20H27NO3. The van der Waals surface area contributed by atoms with Crippen molar-refractivity contribution < 1.29 is 14.6 Å². The number of aliphatic hydroxyl groups excluding tert-OH is 1. The Morgan fingerprint density at radius 1 is 1.21 bits per heavy atom. The summed E-state index contributed by atoms with van der Waals surface area (Å²) in [7, 11) is 0. The molecule has 1 amide bonds. The van der Waals surface area contributed by atoms with E-state index in [2.05, 4.69) is 18.2 Å². The van der Waals surface area contributed by atoms with Crippen molar-refractivity contribution in [2.75, 3.05) is 19.8 Å². The first-order chi connectivity index (χ1) is 11.7. The number of fused-ring (bicyclic) bond motifs is 1. The Bertz CT molecular complexity index is 615. The summed E-state index contributed by atoms with van der Waals surface area (Å²) < 4.78 is 5.56. The molecule has 0 aromatic heterocycles. The number of carbonyl (C=O) groups is 1. The number of carbonyl (C=O) groups excluding carboxylic acids is 1. The van der Waals surface area contributed by atoms with Crippen molar-refractivity contribution in [3.8, 4) is 0 Å². The second kappa shape index (κ2) is 6.85. The molecule has 4 nitrogen and oxygen atoms in total. The minimum absolute atomic E-state index is 0.0743. The zero-order valence-corrected chi connectivity index (χ0v) is 14.2. The van der Waals surface area contributed by atoms with E-state index in [-0.39, 0.29) is 24.0 Å². The van der Waals surface area contributed by atoms with Gasteiger partial charge in [-0.3, -0.25) is 4.79 Å². The Morgan fingerprint density at radius 3 is 2.96 bits per heavy atom. The van der Waals surface area contributed by atoms with Gasteiger partial charge in [0, 0.05) is 25.1 Å². The number of hydrogen-bond acceptors (Lipinski definition) is 3. The molecule has 2 fully saturated rings. The van der Waals surface area contributed by atoms with Gasteiger partial charge in [0.15, 0.2) is 0 Å². The second-order valence-electron chi connectivity index (χ2n) is 7.52. The van der Waals surface area contributed by atoms with Crippen LogP contribution in [0.4, 0.5) is 0 Å². The predicted octanol–water partition coefficient (Wildman–Crippen LogP) is 2.11. The average molecular weight is 329 g/mol. The molecule has 2 saturated heterocycles. The first-order valence-corrected chi connectivity index (χ1v) is 9.38. The molecule has 24 heavy (non-hydrogen) atoms. The number of hydrogen-bond donors (Lipinski definition) is 1. The minimum Gasteiger partial charge on any atom is -0.393 e. The van der Waals surface area contributed by atoms with Crippen LogP contribution < -0.4 is 0 Å². The molecule has 0 saturated carbocycles. The highest BCUT2D eigenvalue weighted by Crippen LogP contribution is 2.30. The van der Waals surface area contributed by atoms with Crippen molar-refractivity contribution in [2.24, 2.45) is 5.92 Å². The van der Waals surface area contributed by atoms with E-state index in [1.807, 2.05) is 4.90 Å². The van der Waals surface area contributed by atoms with E-state index in [0.29, 0.717) is 26.1 Å². The highest BCUT2D eigenvalue weighted by atomic mass is 16.5. The molecule has 3 atom stereocenters. The third-order valence-electron chi connectivity index (χ3n) is 5.99. The van der Waals surface area contributed by atoms with E-state index in [1.165, 1.54) is 24.0 Å². The highest BCUT2D eigenvalue weighted by molar-refractivity contribution is 5.79. The van der Waals surface area contributed by atoms with E-state index in [1.54, 1.807) is 0 Å². The second-order valence-corrected chi connectivity index (χ2v) is 7.52. The number of likely N-dealkylation sites (tertiary alicyclic amines) is 1. The molecule has 0 bridgehead atoms.